The Morgan fingerprint density at radius 1 is 0.400 bits per heavy atom. The summed E-state index contributed by atoms with van der Waals surface area (Å²) >= 11 is 28.9. The minimum Gasteiger partial charge on any atom is -0.120 e. The van der Waals surface area contributed by atoms with Crippen molar-refractivity contribution >= 4 is 58.0 Å². The smallest absolute Gasteiger partial charge is 0.0693 e. The number of hydrogen-bond acceptors (Lipinski definition) is 0. The highest BCUT2D eigenvalue weighted by Gasteiger charge is 2.46. The topological polar surface area (TPSA) is 0 Å². The Bertz CT molecular complexity index is 82.4. The molecular formula is C5H5Cl5. The first kappa shape index (κ1) is 9.54. The van der Waals surface area contributed by atoms with Crippen molar-refractivity contribution in [2.45, 2.75) is 26.9 Å². The fourth-order valence-corrected chi connectivity index (χ4v) is 2.82. The second-order valence-electron chi connectivity index (χ2n) is 2.22. The van der Waals surface area contributed by atoms with Crippen molar-refractivity contribution in [2.24, 2.45) is 0 Å². The van der Waals surface area contributed by atoms with Gasteiger partial charge in [-0.15, -0.1) is 58.0 Å². The third-order valence-electron chi connectivity index (χ3n) is 1.52. The molecule has 0 bridgehead atoms. The Hall–Kier alpha value is 1.45. The van der Waals surface area contributed by atoms with E-state index < -0.39 is 0 Å². The molecule has 0 aliphatic heterocycles. The van der Waals surface area contributed by atoms with Crippen molar-refractivity contribution in [1.29, 1.82) is 0 Å². The zero-order valence-corrected chi connectivity index (χ0v) is 8.56. The molecule has 0 aromatic heterocycles. The molecule has 0 amide bonds. The van der Waals surface area contributed by atoms with Crippen molar-refractivity contribution in [3.05, 3.63) is 0 Å². The van der Waals surface area contributed by atoms with Gasteiger partial charge >= 0.3 is 0 Å². The van der Waals surface area contributed by atoms with Gasteiger partial charge in [0.05, 0.1) is 26.9 Å². The minimum absolute atomic E-state index is 0.326. The maximum atomic E-state index is 5.77. The van der Waals surface area contributed by atoms with Gasteiger partial charge in [0.15, 0.2) is 0 Å². The standard InChI is InChI=1S/C5H5Cl5/c6-1-2(7)4(9)5(10)3(1)8/h1-5H. The summed E-state index contributed by atoms with van der Waals surface area (Å²) in [5.41, 5.74) is 0. The number of rotatable bonds is 0. The van der Waals surface area contributed by atoms with E-state index in [-0.39, 0.29) is 26.9 Å². The Labute approximate surface area is 84.7 Å². The lowest BCUT2D eigenvalue weighted by atomic mass is 10.4. The quantitative estimate of drug-likeness (QED) is 0.573. The summed E-state index contributed by atoms with van der Waals surface area (Å²) in [5.74, 6) is 0. The van der Waals surface area contributed by atoms with Crippen LogP contribution >= 0.6 is 58.0 Å². The number of halogens is 5. The first-order valence-corrected chi connectivity index (χ1v) is 4.94. The van der Waals surface area contributed by atoms with Gasteiger partial charge in [-0.3, -0.25) is 0 Å². The maximum absolute atomic E-state index is 5.77. The van der Waals surface area contributed by atoms with E-state index in [0.717, 1.165) is 0 Å². The van der Waals surface area contributed by atoms with Crippen molar-refractivity contribution < 1.29 is 0 Å². The van der Waals surface area contributed by atoms with Crippen molar-refractivity contribution in [2.75, 3.05) is 0 Å². The number of alkyl halides is 5. The molecule has 0 spiro atoms. The minimum atomic E-state index is -0.326. The molecule has 0 nitrogen and oxygen atoms in total. The fourth-order valence-electron chi connectivity index (χ4n) is 0.878. The summed E-state index contributed by atoms with van der Waals surface area (Å²) in [6, 6.07) is 0. The zero-order valence-electron chi connectivity index (χ0n) is 4.78. The molecule has 5 heteroatoms. The molecule has 0 aromatic carbocycles. The van der Waals surface area contributed by atoms with E-state index in [1.165, 1.54) is 0 Å². The van der Waals surface area contributed by atoms with Crippen LogP contribution in [-0.2, 0) is 0 Å². The van der Waals surface area contributed by atoms with Gasteiger partial charge < -0.3 is 0 Å². The lowest BCUT2D eigenvalue weighted by Crippen LogP contribution is -2.17. The van der Waals surface area contributed by atoms with Gasteiger partial charge in [0.2, 0.25) is 0 Å². The third-order valence-corrected chi connectivity index (χ3v) is 4.88. The summed E-state index contributed by atoms with van der Waals surface area (Å²) < 4.78 is 0. The normalized spacial score (nSPS) is 55.5. The summed E-state index contributed by atoms with van der Waals surface area (Å²) in [5, 5.41) is -1.63. The number of hydrogen-bond donors (Lipinski definition) is 0. The van der Waals surface area contributed by atoms with Gasteiger partial charge in [0.25, 0.3) is 0 Å². The molecule has 1 saturated carbocycles. The molecule has 60 valence electrons. The van der Waals surface area contributed by atoms with Gasteiger partial charge in [0, 0.05) is 0 Å². The van der Waals surface area contributed by atoms with E-state index in [4.69, 9.17) is 58.0 Å². The second kappa shape index (κ2) is 3.45. The molecule has 0 aromatic rings. The van der Waals surface area contributed by atoms with Gasteiger partial charge in [0.1, 0.15) is 0 Å². The van der Waals surface area contributed by atoms with Crippen LogP contribution in [0.3, 0.4) is 0 Å². The largest absolute Gasteiger partial charge is 0.120 e. The van der Waals surface area contributed by atoms with Gasteiger partial charge in [-0.1, -0.05) is 0 Å². The monoisotopic (exact) mass is 240 g/mol. The predicted octanol–water partition coefficient (Wildman–Crippen LogP) is 3.04. The maximum Gasteiger partial charge on any atom is 0.0693 e. The second-order valence-corrected chi connectivity index (χ2v) is 4.74. The fraction of sp³-hybridized carbons (Fsp3) is 1.00. The molecule has 1 aliphatic carbocycles. The molecule has 1 rings (SSSR count). The first-order valence-electron chi connectivity index (χ1n) is 2.76. The molecule has 10 heavy (non-hydrogen) atoms. The highest BCUT2D eigenvalue weighted by atomic mass is 35.5. The Balaban J connectivity index is 2.68. The van der Waals surface area contributed by atoms with E-state index in [1.54, 1.807) is 0 Å². The van der Waals surface area contributed by atoms with Gasteiger partial charge in [-0.05, 0) is 0 Å². The van der Waals surface area contributed by atoms with Crippen LogP contribution in [-0.4, -0.2) is 26.9 Å². The van der Waals surface area contributed by atoms with Crippen molar-refractivity contribution in [3.8, 4) is 0 Å². The van der Waals surface area contributed by atoms with Crippen LogP contribution in [0.25, 0.3) is 0 Å². The average Bonchev–Trinajstić information content (AvgIpc) is 2.07. The van der Waals surface area contributed by atoms with Gasteiger partial charge in [-0.25, -0.2) is 0 Å². The average molecular weight is 242 g/mol. The van der Waals surface area contributed by atoms with Crippen molar-refractivity contribution in [1.82, 2.24) is 0 Å². The van der Waals surface area contributed by atoms with Gasteiger partial charge in [-0.2, -0.15) is 0 Å². The predicted molar refractivity (Wildman–Crippen MR) is 48.2 cm³/mol. The lowest BCUT2D eigenvalue weighted by Gasteiger charge is -2.06. The van der Waals surface area contributed by atoms with Crippen LogP contribution in [0.5, 0.6) is 0 Å². The van der Waals surface area contributed by atoms with Crippen LogP contribution in [0.1, 0.15) is 0 Å². The molecule has 1 fully saturated rings. The van der Waals surface area contributed by atoms with Crippen LogP contribution in [0, 0.1) is 0 Å². The Morgan fingerprint density at radius 2 is 0.500 bits per heavy atom. The summed E-state index contributed by atoms with van der Waals surface area (Å²) in [4.78, 5) is 0. The first-order chi connectivity index (χ1) is 4.55. The molecule has 0 heterocycles. The van der Waals surface area contributed by atoms with Crippen LogP contribution < -0.4 is 0 Å². The Kier molecular flexibility index (Phi) is 3.29. The van der Waals surface area contributed by atoms with E-state index in [0.29, 0.717) is 0 Å². The van der Waals surface area contributed by atoms with Crippen LogP contribution in [0.2, 0.25) is 0 Å². The molecule has 0 N–H and O–H groups in total. The lowest BCUT2D eigenvalue weighted by molar-refractivity contribution is 0.912. The zero-order chi connectivity index (χ0) is 7.89. The molecule has 0 atom stereocenters. The molecule has 0 unspecified atom stereocenters. The molecule has 1 aliphatic rings. The summed E-state index contributed by atoms with van der Waals surface area (Å²) in [6.07, 6.45) is 0. The van der Waals surface area contributed by atoms with E-state index in [1.807, 2.05) is 0 Å². The highest BCUT2D eigenvalue weighted by molar-refractivity contribution is 6.45. The van der Waals surface area contributed by atoms with Crippen LogP contribution in [0.4, 0.5) is 0 Å². The third kappa shape index (κ3) is 1.47. The summed E-state index contributed by atoms with van der Waals surface area (Å²) in [7, 11) is 0. The summed E-state index contributed by atoms with van der Waals surface area (Å²) in [6.45, 7) is 0. The van der Waals surface area contributed by atoms with Crippen LogP contribution in [0.15, 0.2) is 0 Å². The molecular weight excluding hydrogens is 237 g/mol. The van der Waals surface area contributed by atoms with E-state index in [2.05, 4.69) is 0 Å². The van der Waals surface area contributed by atoms with E-state index >= 15 is 0 Å². The highest BCUT2D eigenvalue weighted by Crippen LogP contribution is 2.39. The molecule has 0 saturated heterocycles. The molecule has 0 radical (unpaired) electrons. The van der Waals surface area contributed by atoms with E-state index in [9.17, 15) is 0 Å². The SMILES string of the molecule is ClC1C(Cl)C(Cl)C(Cl)C1Cl. The Morgan fingerprint density at radius 3 is 0.600 bits per heavy atom. The van der Waals surface area contributed by atoms with Crippen molar-refractivity contribution in [3.63, 3.8) is 0 Å².